The molecular weight excluding hydrogens is 256 g/mol. The van der Waals surface area contributed by atoms with E-state index in [2.05, 4.69) is 6.92 Å². The monoisotopic (exact) mass is 284 g/mol. The lowest BCUT2D eigenvalue weighted by molar-refractivity contribution is -0.160. The van der Waals surface area contributed by atoms with E-state index in [1.807, 2.05) is 0 Å². The molecule has 0 aromatic heterocycles. The second-order valence-electron chi connectivity index (χ2n) is 6.14. The highest BCUT2D eigenvalue weighted by Crippen LogP contribution is 2.29. The van der Waals surface area contributed by atoms with Gasteiger partial charge in [-0.05, 0) is 39.5 Å². The van der Waals surface area contributed by atoms with E-state index < -0.39 is 11.4 Å². The number of ketones is 1. The van der Waals surface area contributed by atoms with Gasteiger partial charge in [0.2, 0.25) is 0 Å². The second kappa shape index (κ2) is 7.77. The molecule has 1 rings (SSSR count). The van der Waals surface area contributed by atoms with Crippen molar-refractivity contribution in [2.45, 2.75) is 65.9 Å². The first-order chi connectivity index (χ1) is 9.41. The Morgan fingerprint density at radius 1 is 1.20 bits per heavy atom. The van der Waals surface area contributed by atoms with Crippen LogP contribution in [0.5, 0.6) is 0 Å². The largest absolute Gasteiger partial charge is 0.465 e. The van der Waals surface area contributed by atoms with Gasteiger partial charge < -0.3 is 9.47 Å². The molecule has 0 amide bonds. The predicted molar refractivity (Wildman–Crippen MR) is 77.4 cm³/mol. The van der Waals surface area contributed by atoms with Crippen molar-refractivity contribution in [2.24, 2.45) is 11.3 Å². The Balaban J connectivity index is 2.44. The van der Waals surface area contributed by atoms with Crippen LogP contribution in [0.4, 0.5) is 0 Å². The zero-order valence-electron chi connectivity index (χ0n) is 13.2. The maximum Gasteiger partial charge on any atom is 0.319 e. The number of esters is 1. The van der Waals surface area contributed by atoms with E-state index in [9.17, 15) is 9.59 Å². The van der Waals surface area contributed by atoms with E-state index in [0.717, 1.165) is 12.8 Å². The number of hydrogen-bond acceptors (Lipinski definition) is 4. The third-order valence-electron chi connectivity index (χ3n) is 4.25. The molecule has 0 aromatic carbocycles. The molecule has 1 fully saturated rings. The minimum absolute atomic E-state index is 0.00686. The molecular formula is C16H28O4. The normalized spacial score (nSPS) is 23.4. The standard InChI is InChI=1S/C16H28O4/c1-5-12-8-7-9-13(10-12)20-11-14(17)16(3,4)15(18)19-6-2/h12-13H,5-11H2,1-4H3. The van der Waals surface area contributed by atoms with Crippen LogP contribution in [-0.2, 0) is 19.1 Å². The van der Waals surface area contributed by atoms with Crippen molar-refractivity contribution in [2.75, 3.05) is 13.2 Å². The summed E-state index contributed by atoms with van der Waals surface area (Å²) in [5.41, 5.74) is -1.12. The van der Waals surface area contributed by atoms with Crippen LogP contribution in [-0.4, -0.2) is 31.1 Å². The van der Waals surface area contributed by atoms with Crippen LogP contribution in [0.2, 0.25) is 0 Å². The van der Waals surface area contributed by atoms with E-state index in [0.29, 0.717) is 5.92 Å². The fourth-order valence-corrected chi connectivity index (χ4v) is 2.56. The van der Waals surface area contributed by atoms with Crippen molar-refractivity contribution in [1.82, 2.24) is 0 Å². The first-order valence-electron chi connectivity index (χ1n) is 7.73. The van der Waals surface area contributed by atoms with Gasteiger partial charge in [-0.2, -0.15) is 0 Å². The van der Waals surface area contributed by atoms with Crippen molar-refractivity contribution in [3.63, 3.8) is 0 Å². The zero-order chi connectivity index (χ0) is 15.2. The highest BCUT2D eigenvalue weighted by molar-refractivity contribution is 6.03. The summed E-state index contributed by atoms with van der Waals surface area (Å²) in [6.45, 7) is 7.44. The predicted octanol–water partition coefficient (Wildman–Crippen LogP) is 3.13. The first-order valence-corrected chi connectivity index (χ1v) is 7.73. The van der Waals surface area contributed by atoms with Crippen LogP contribution in [0.25, 0.3) is 0 Å². The highest BCUT2D eigenvalue weighted by atomic mass is 16.5. The van der Waals surface area contributed by atoms with Gasteiger partial charge in [-0.15, -0.1) is 0 Å². The van der Waals surface area contributed by atoms with Crippen LogP contribution in [0.1, 0.15) is 59.8 Å². The minimum atomic E-state index is -1.12. The molecule has 116 valence electrons. The fraction of sp³-hybridized carbons (Fsp3) is 0.875. The maximum absolute atomic E-state index is 12.1. The summed E-state index contributed by atoms with van der Waals surface area (Å²) in [7, 11) is 0. The second-order valence-corrected chi connectivity index (χ2v) is 6.14. The molecule has 0 spiro atoms. The van der Waals surface area contributed by atoms with Gasteiger partial charge in [-0.1, -0.05) is 26.2 Å². The van der Waals surface area contributed by atoms with Crippen molar-refractivity contribution >= 4 is 11.8 Å². The lowest BCUT2D eigenvalue weighted by Gasteiger charge is -2.29. The zero-order valence-corrected chi connectivity index (χ0v) is 13.2. The smallest absolute Gasteiger partial charge is 0.319 e. The van der Waals surface area contributed by atoms with Crippen LogP contribution in [0, 0.1) is 11.3 Å². The summed E-state index contributed by atoms with van der Waals surface area (Å²) in [6.07, 6.45) is 5.81. The molecule has 0 saturated heterocycles. The lowest BCUT2D eigenvalue weighted by atomic mass is 9.85. The SMILES string of the molecule is CCOC(=O)C(C)(C)C(=O)COC1CCCC(CC)C1. The average molecular weight is 284 g/mol. The number of Topliss-reactive ketones (excluding diaryl/α,β-unsaturated/α-hetero) is 1. The van der Waals surface area contributed by atoms with Gasteiger partial charge in [0.15, 0.2) is 5.78 Å². The molecule has 2 atom stereocenters. The van der Waals surface area contributed by atoms with E-state index in [-0.39, 0.29) is 25.1 Å². The molecule has 4 heteroatoms. The first kappa shape index (κ1) is 17.2. The summed E-state index contributed by atoms with van der Waals surface area (Å²) in [5.74, 6) is 0.0418. The summed E-state index contributed by atoms with van der Waals surface area (Å²) in [5, 5.41) is 0. The molecule has 0 radical (unpaired) electrons. The van der Waals surface area contributed by atoms with Crippen LogP contribution in [0.15, 0.2) is 0 Å². The Bertz CT molecular complexity index is 335. The van der Waals surface area contributed by atoms with E-state index in [4.69, 9.17) is 9.47 Å². The molecule has 20 heavy (non-hydrogen) atoms. The molecule has 1 aliphatic carbocycles. The summed E-state index contributed by atoms with van der Waals surface area (Å²) < 4.78 is 10.7. The average Bonchev–Trinajstić information content (AvgIpc) is 2.45. The summed E-state index contributed by atoms with van der Waals surface area (Å²) in [4.78, 5) is 23.9. The van der Waals surface area contributed by atoms with Crippen molar-refractivity contribution in [1.29, 1.82) is 0 Å². The van der Waals surface area contributed by atoms with E-state index in [1.165, 1.54) is 19.3 Å². The van der Waals surface area contributed by atoms with Gasteiger partial charge >= 0.3 is 5.97 Å². The Kier molecular flexibility index (Phi) is 6.66. The van der Waals surface area contributed by atoms with Crippen molar-refractivity contribution in [3.05, 3.63) is 0 Å². The molecule has 2 unspecified atom stereocenters. The van der Waals surface area contributed by atoms with Gasteiger partial charge in [0, 0.05) is 0 Å². The van der Waals surface area contributed by atoms with Gasteiger partial charge in [0.05, 0.1) is 12.7 Å². The Hall–Kier alpha value is -0.900. The number of rotatable bonds is 7. The van der Waals surface area contributed by atoms with E-state index >= 15 is 0 Å². The van der Waals surface area contributed by atoms with Crippen molar-refractivity contribution < 1.29 is 19.1 Å². The topological polar surface area (TPSA) is 52.6 Å². The number of carbonyl (C=O) groups excluding carboxylic acids is 2. The van der Waals surface area contributed by atoms with Gasteiger partial charge in [0.1, 0.15) is 12.0 Å². The Morgan fingerprint density at radius 2 is 1.90 bits per heavy atom. The molecule has 0 heterocycles. The Morgan fingerprint density at radius 3 is 2.50 bits per heavy atom. The van der Waals surface area contributed by atoms with Crippen molar-refractivity contribution in [3.8, 4) is 0 Å². The summed E-state index contributed by atoms with van der Waals surface area (Å²) >= 11 is 0. The molecule has 1 saturated carbocycles. The number of carbonyl (C=O) groups is 2. The fourth-order valence-electron chi connectivity index (χ4n) is 2.56. The molecule has 0 aromatic rings. The number of ether oxygens (including phenoxy) is 2. The highest BCUT2D eigenvalue weighted by Gasteiger charge is 2.37. The molecule has 0 N–H and O–H groups in total. The van der Waals surface area contributed by atoms with E-state index in [1.54, 1.807) is 20.8 Å². The molecule has 0 aliphatic heterocycles. The molecule has 4 nitrogen and oxygen atoms in total. The Labute approximate surface area is 122 Å². The quantitative estimate of drug-likeness (QED) is 0.532. The van der Waals surface area contributed by atoms with Gasteiger partial charge in [-0.25, -0.2) is 0 Å². The third kappa shape index (κ3) is 4.58. The maximum atomic E-state index is 12.1. The molecule has 1 aliphatic rings. The third-order valence-corrected chi connectivity index (χ3v) is 4.25. The van der Waals surface area contributed by atoms with Gasteiger partial charge in [-0.3, -0.25) is 9.59 Å². The lowest BCUT2D eigenvalue weighted by Crippen LogP contribution is -2.38. The van der Waals surface area contributed by atoms with Crippen LogP contribution >= 0.6 is 0 Å². The van der Waals surface area contributed by atoms with Crippen LogP contribution < -0.4 is 0 Å². The summed E-state index contributed by atoms with van der Waals surface area (Å²) in [6, 6.07) is 0. The van der Waals surface area contributed by atoms with Gasteiger partial charge in [0.25, 0.3) is 0 Å². The van der Waals surface area contributed by atoms with Crippen LogP contribution in [0.3, 0.4) is 0 Å². The number of hydrogen-bond donors (Lipinski definition) is 0. The molecule has 0 bridgehead atoms. The minimum Gasteiger partial charge on any atom is -0.465 e.